The van der Waals surface area contributed by atoms with Gasteiger partial charge in [0.2, 0.25) is 5.91 Å². The van der Waals surface area contributed by atoms with E-state index in [0.29, 0.717) is 10.4 Å². The average Bonchev–Trinajstić information content (AvgIpc) is 3.21. The zero-order valence-electron chi connectivity index (χ0n) is 12.1. The Hall–Kier alpha value is -0.760. The van der Waals surface area contributed by atoms with Crippen LogP contribution in [0.25, 0.3) is 0 Å². The summed E-state index contributed by atoms with van der Waals surface area (Å²) in [6, 6.07) is 0.387. The van der Waals surface area contributed by atoms with Gasteiger partial charge in [-0.25, -0.2) is 0 Å². The molecule has 0 radical (unpaired) electrons. The van der Waals surface area contributed by atoms with Crippen LogP contribution >= 0.6 is 23.1 Å². The summed E-state index contributed by atoms with van der Waals surface area (Å²) in [4.78, 5) is 16.6. The van der Waals surface area contributed by atoms with Crippen LogP contribution in [0.15, 0.2) is 0 Å². The average molecular weight is 330 g/mol. The van der Waals surface area contributed by atoms with E-state index in [0.717, 1.165) is 51.3 Å². The first-order chi connectivity index (χ1) is 10.1. The quantitative estimate of drug-likeness (QED) is 0.872. The lowest BCUT2D eigenvalue weighted by Crippen LogP contribution is -2.53. The number of hydrogen-bond donors (Lipinski definition) is 1. The maximum absolute atomic E-state index is 12.1. The summed E-state index contributed by atoms with van der Waals surface area (Å²) >= 11 is 7.27. The second kappa shape index (κ2) is 6.56. The highest BCUT2D eigenvalue weighted by molar-refractivity contribution is 7.10. The molecule has 2 aliphatic rings. The maximum atomic E-state index is 12.1. The van der Waals surface area contributed by atoms with Crippen molar-refractivity contribution >= 4 is 29.0 Å². The van der Waals surface area contributed by atoms with E-state index < -0.39 is 0 Å². The molecule has 2 fully saturated rings. The number of hydrogen-bond acceptors (Lipinski definition) is 6. The van der Waals surface area contributed by atoms with Crippen LogP contribution in [-0.4, -0.2) is 63.6 Å². The first-order valence-electron chi connectivity index (χ1n) is 7.37. The Morgan fingerprint density at radius 3 is 2.71 bits per heavy atom. The summed E-state index contributed by atoms with van der Waals surface area (Å²) in [7, 11) is 0. The number of nitrogens with zero attached hydrogens (tertiary/aromatic N) is 4. The van der Waals surface area contributed by atoms with Gasteiger partial charge in [-0.3, -0.25) is 14.6 Å². The van der Waals surface area contributed by atoms with Gasteiger partial charge < -0.3 is 5.32 Å². The fourth-order valence-corrected chi connectivity index (χ4v) is 3.14. The molecular formula is C13H20ClN5OS. The van der Waals surface area contributed by atoms with E-state index in [1.807, 2.05) is 6.92 Å². The smallest absolute Gasteiger partial charge is 0.237 e. The monoisotopic (exact) mass is 329 g/mol. The van der Waals surface area contributed by atoms with Crippen LogP contribution in [0.5, 0.6) is 0 Å². The van der Waals surface area contributed by atoms with Gasteiger partial charge in [0.25, 0.3) is 0 Å². The number of carbonyl (C=O) groups is 1. The Kier molecular flexibility index (Phi) is 4.73. The lowest BCUT2D eigenvalue weighted by molar-refractivity contribution is -0.126. The molecule has 1 saturated carbocycles. The Bertz CT molecular complexity index is 499. The molecule has 1 aromatic heterocycles. The molecule has 3 rings (SSSR count). The van der Waals surface area contributed by atoms with Crippen LogP contribution in [0.2, 0.25) is 4.34 Å². The minimum Gasteiger partial charge on any atom is -0.352 e. The molecule has 2 heterocycles. The number of amides is 1. The number of piperazine rings is 1. The van der Waals surface area contributed by atoms with Gasteiger partial charge in [0, 0.05) is 50.3 Å². The van der Waals surface area contributed by atoms with Gasteiger partial charge in [0.05, 0.1) is 6.04 Å². The van der Waals surface area contributed by atoms with E-state index in [1.54, 1.807) is 0 Å². The zero-order valence-corrected chi connectivity index (χ0v) is 13.7. The van der Waals surface area contributed by atoms with E-state index in [-0.39, 0.29) is 11.9 Å². The SMILES string of the molecule is CC(C(=O)NC1CC1)N1CCN(Cc2nnsc2Cl)CC1. The van der Waals surface area contributed by atoms with Crippen molar-refractivity contribution in [2.75, 3.05) is 26.2 Å². The van der Waals surface area contributed by atoms with Crippen LogP contribution in [-0.2, 0) is 11.3 Å². The van der Waals surface area contributed by atoms with Crippen molar-refractivity contribution in [3.8, 4) is 0 Å². The van der Waals surface area contributed by atoms with E-state index in [2.05, 4.69) is 24.7 Å². The van der Waals surface area contributed by atoms with E-state index in [1.165, 1.54) is 11.5 Å². The largest absolute Gasteiger partial charge is 0.352 e. The van der Waals surface area contributed by atoms with Gasteiger partial charge in [-0.05, 0) is 19.8 Å². The molecule has 8 heteroatoms. The van der Waals surface area contributed by atoms with Crippen molar-refractivity contribution in [1.29, 1.82) is 0 Å². The lowest BCUT2D eigenvalue weighted by Gasteiger charge is -2.37. The minimum atomic E-state index is -0.0442. The van der Waals surface area contributed by atoms with Gasteiger partial charge in [-0.15, -0.1) is 5.10 Å². The normalized spacial score (nSPS) is 22.2. The molecule has 1 atom stereocenters. The van der Waals surface area contributed by atoms with Crippen LogP contribution in [0.3, 0.4) is 0 Å². The molecule has 1 saturated heterocycles. The highest BCUT2D eigenvalue weighted by Crippen LogP contribution is 2.21. The number of nitrogens with one attached hydrogen (secondary N) is 1. The molecule has 1 unspecified atom stereocenters. The third-order valence-electron chi connectivity index (χ3n) is 4.14. The van der Waals surface area contributed by atoms with Gasteiger partial charge in [0.1, 0.15) is 10.0 Å². The molecule has 0 bridgehead atoms. The minimum absolute atomic E-state index is 0.0442. The molecule has 116 valence electrons. The van der Waals surface area contributed by atoms with Crippen LogP contribution in [0.4, 0.5) is 0 Å². The van der Waals surface area contributed by atoms with E-state index >= 15 is 0 Å². The van der Waals surface area contributed by atoms with Gasteiger partial charge in [-0.2, -0.15) is 0 Å². The molecule has 1 aromatic rings. The van der Waals surface area contributed by atoms with Crippen molar-refractivity contribution in [2.24, 2.45) is 0 Å². The molecule has 1 amide bonds. The van der Waals surface area contributed by atoms with Gasteiger partial charge in [0.15, 0.2) is 0 Å². The van der Waals surface area contributed by atoms with Crippen LogP contribution in [0.1, 0.15) is 25.5 Å². The standard InChI is InChI=1S/C13H20ClN5OS/c1-9(13(20)15-10-2-3-10)19-6-4-18(5-7-19)8-11-12(14)21-17-16-11/h9-10H,2-8H2,1H3,(H,15,20). The summed E-state index contributed by atoms with van der Waals surface area (Å²) in [6.07, 6.45) is 2.27. The molecule has 21 heavy (non-hydrogen) atoms. The summed E-state index contributed by atoms with van der Waals surface area (Å²) in [5, 5.41) is 7.13. The topological polar surface area (TPSA) is 61.4 Å². The fourth-order valence-electron chi connectivity index (χ4n) is 2.53. The highest BCUT2D eigenvalue weighted by atomic mass is 35.5. The Morgan fingerprint density at radius 2 is 2.14 bits per heavy atom. The molecule has 1 aliphatic carbocycles. The number of carbonyl (C=O) groups excluding carboxylic acids is 1. The fraction of sp³-hybridized carbons (Fsp3) is 0.769. The van der Waals surface area contributed by atoms with Crippen molar-refractivity contribution < 1.29 is 4.79 Å². The van der Waals surface area contributed by atoms with E-state index in [4.69, 9.17) is 11.6 Å². The Labute approximate surface area is 133 Å². The summed E-state index contributed by atoms with van der Waals surface area (Å²) in [5.74, 6) is 0.165. The highest BCUT2D eigenvalue weighted by Gasteiger charge is 2.30. The predicted octanol–water partition coefficient (Wildman–Crippen LogP) is 0.976. The third kappa shape index (κ3) is 3.91. The first kappa shape index (κ1) is 15.1. The summed E-state index contributed by atoms with van der Waals surface area (Å²) < 4.78 is 4.53. The third-order valence-corrected chi connectivity index (χ3v) is 5.12. The molecule has 6 nitrogen and oxygen atoms in total. The number of rotatable bonds is 5. The number of halogens is 1. The first-order valence-corrected chi connectivity index (χ1v) is 8.52. The predicted molar refractivity (Wildman–Crippen MR) is 82.4 cm³/mol. The van der Waals surface area contributed by atoms with Crippen LogP contribution in [0, 0.1) is 0 Å². The van der Waals surface area contributed by atoms with E-state index in [9.17, 15) is 4.79 Å². The number of aromatic nitrogens is 2. The molecule has 1 N–H and O–H groups in total. The zero-order chi connectivity index (χ0) is 14.8. The lowest BCUT2D eigenvalue weighted by atomic mass is 10.2. The van der Waals surface area contributed by atoms with Crippen molar-refractivity contribution in [1.82, 2.24) is 24.7 Å². The van der Waals surface area contributed by atoms with Gasteiger partial charge >= 0.3 is 0 Å². The maximum Gasteiger partial charge on any atom is 0.237 e. The van der Waals surface area contributed by atoms with Crippen molar-refractivity contribution in [3.63, 3.8) is 0 Å². The van der Waals surface area contributed by atoms with Crippen molar-refractivity contribution in [2.45, 2.75) is 38.4 Å². The van der Waals surface area contributed by atoms with Crippen molar-refractivity contribution in [3.05, 3.63) is 10.0 Å². The molecular weight excluding hydrogens is 310 g/mol. The Morgan fingerprint density at radius 1 is 1.43 bits per heavy atom. The second-order valence-corrected chi connectivity index (χ2v) is 7.12. The van der Waals surface area contributed by atoms with Gasteiger partial charge in [-0.1, -0.05) is 16.1 Å². The second-order valence-electron chi connectivity index (χ2n) is 5.76. The molecule has 0 spiro atoms. The summed E-state index contributed by atoms with van der Waals surface area (Å²) in [6.45, 7) is 6.38. The Balaban J connectivity index is 1.45. The van der Waals surface area contributed by atoms with Crippen LogP contribution < -0.4 is 5.32 Å². The molecule has 0 aromatic carbocycles. The molecule has 1 aliphatic heterocycles. The summed E-state index contributed by atoms with van der Waals surface area (Å²) in [5.41, 5.74) is 0.856.